The Labute approximate surface area is 179 Å². The summed E-state index contributed by atoms with van der Waals surface area (Å²) in [6.07, 6.45) is 1.51. The van der Waals surface area contributed by atoms with Gasteiger partial charge in [-0.3, -0.25) is 14.9 Å². The molecule has 2 aromatic carbocycles. The standard InChI is InChI=1S/C22H23N3O6/c1-16(31-21(26)10-5-17-3-2-4-20(15-17)25(28)29)22(27)23-18-6-8-19(9-7-18)24-11-13-30-14-12-24/h2-10,15-16H,11-14H2,1H3,(H,23,27)/b10-5+. The van der Waals surface area contributed by atoms with Crippen LogP contribution in [0.15, 0.2) is 54.6 Å². The maximum atomic E-state index is 12.3. The molecule has 1 fully saturated rings. The number of anilines is 2. The highest BCUT2D eigenvalue weighted by Gasteiger charge is 2.17. The quantitative estimate of drug-likeness (QED) is 0.314. The number of ether oxygens (including phenoxy) is 2. The Morgan fingerprint density at radius 1 is 1.19 bits per heavy atom. The fraction of sp³-hybridized carbons (Fsp3) is 0.273. The largest absolute Gasteiger partial charge is 0.449 e. The molecule has 1 N–H and O–H groups in total. The van der Waals surface area contributed by atoms with E-state index in [0.29, 0.717) is 24.5 Å². The Morgan fingerprint density at radius 2 is 1.90 bits per heavy atom. The van der Waals surface area contributed by atoms with Crippen molar-refractivity contribution in [2.45, 2.75) is 13.0 Å². The Bertz CT molecular complexity index is 967. The average molecular weight is 425 g/mol. The third-order valence-electron chi connectivity index (χ3n) is 4.67. The second kappa shape index (κ2) is 10.4. The van der Waals surface area contributed by atoms with Crippen molar-refractivity contribution in [1.82, 2.24) is 0 Å². The van der Waals surface area contributed by atoms with Crippen molar-refractivity contribution in [1.29, 1.82) is 0 Å². The number of non-ortho nitro benzene ring substituents is 1. The average Bonchev–Trinajstić information content (AvgIpc) is 2.79. The number of amides is 1. The Kier molecular flexibility index (Phi) is 7.34. The maximum Gasteiger partial charge on any atom is 0.331 e. The molecule has 162 valence electrons. The highest BCUT2D eigenvalue weighted by Crippen LogP contribution is 2.19. The van der Waals surface area contributed by atoms with E-state index in [1.54, 1.807) is 18.2 Å². The van der Waals surface area contributed by atoms with E-state index < -0.39 is 22.9 Å². The van der Waals surface area contributed by atoms with Crippen molar-refractivity contribution in [3.05, 3.63) is 70.3 Å². The van der Waals surface area contributed by atoms with Crippen molar-refractivity contribution in [2.75, 3.05) is 36.5 Å². The van der Waals surface area contributed by atoms with Gasteiger partial charge in [-0.1, -0.05) is 12.1 Å². The summed E-state index contributed by atoms with van der Waals surface area (Å²) in [5.74, 6) is -1.19. The highest BCUT2D eigenvalue weighted by molar-refractivity contribution is 5.96. The molecule has 0 spiro atoms. The van der Waals surface area contributed by atoms with Gasteiger partial charge in [0.1, 0.15) is 0 Å². The summed E-state index contributed by atoms with van der Waals surface area (Å²) >= 11 is 0. The van der Waals surface area contributed by atoms with Crippen LogP contribution in [0, 0.1) is 10.1 Å². The molecule has 1 unspecified atom stereocenters. The Morgan fingerprint density at radius 3 is 2.58 bits per heavy atom. The van der Waals surface area contributed by atoms with E-state index in [1.807, 2.05) is 12.1 Å². The summed E-state index contributed by atoms with van der Waals surface area (Å²) in [5.41, 5.74) is 2.04. The van der Waals surface area contributed by atoms with Crippen molar-refractivity contribution in [3.63, 3.8) is 0 Å². The monoisotopic (exact) mass is 425 g/mol. The van der Waals surface area contributed by atoms with E-state index in [4.69, 9.17) is 9.47 Å². The number of nitrogens with one attached hydrogen (secondary N) is 1. The first-order valence-corrected chi connectivity index (χ1v) is 9.79. The number of hydrogen-bond donors (Lipinski definition) is 1. The smallest absolute Gasteiger partial charge is 0.331 e. The summed E-state index contributed by atoms with van der Waals surface area (Å²) in [6, 6.07) is 13.2. The van der Waals surface area contributed by atoms with Crippen LogP contribution in [0.3, 0.4) is 0 Å². The molecule has 0 aliphatic carbocycles. The van der Waals surface area contributed by atoms with Crippen molar-refractivity contribution >= 4 is 35.0 Å². The minimum atomic E-state index is -1.01. The maximum absolute atomic E-state index is 12.3. The van der Waals surface area contributed by atoms with Crippen LogP contribution in [0.25, 0.3) is 6.08 Å². The van der Waals surface area contributed by atoms with E-state index in [2.05, 4.69) is 10.2 Å². The number of esters is 1. The van der Waals surface area contributed by atoms with Gasteiger partial charge >= 0.3 is 5.97 Å². The predicted molar refractivity (Wildman–Crippen MR) is 116 cm³/mol. The molecule has 0 aromatic heterocycles. The Hall–Kier alpha value is -3.72. The number of carbonyl (C=O) groups excluding carboxylic acids is 2. The summed E-state index contributed by atoms with van der Waals surface area (Å²) in [7, 11) is 0. The molecule has 0 bridgehead atoms. The number of carbonyl (C=O) groups is 2. The first-order valence-electron chi connectivity index (χ1n) is 9.79. The lowest BCUT2D eigenvalue weighted by atomic mass is 10.2. The molecule has 31 heavy (non-hydrogen) atoms. The van der Waals surface area contributed by atoms with Crippen molar-refractivity contribution in [2.24, 2.45) is 0 Å². The number of benzene rings is 2. The highest BCUT2D eigenvalue weighted by atomic mass is 16.6. The van der Waals surface area contributed by atoms with Gasteiger partial charge in [-0.15, -0.1) is 0 Å². The van der Waals surface area contributed by atoms with Crippen LogP contribution in [0.4, 0.5) is 17.1 Å². The van der Waals surface area contributed by atoms with Gasteiger partial charge in [-0.25, -0.2) is 4.79 Å². The number of nitrogens with zero attached hydrogens (tertiary/aromatic N) is 2. The zero-order valence-corrected chi connectivity index (χ0v) is 17.0. The molecule has 2 aromatic rings. The van der Waals surface area contributed by atoms with E-state index in [9.17, 15) is 19.7 Å². The molecular formula is C22H23N3O6. The molecule has 1 heterocycles. The molecule has 3 rings (SSSR count). The van der Waals surface area contributed by atoms with Gasteiger partial charge in [-0.2, -0.15) is 0 Å². The molecule has 1 aliphatic heterocycles. The first-order chi connectivity index (χ1) is 14.9. The number of nitro benzene ring substituents is 1. The molecular weight excluding hydrogens is 402 g/mol. The number of rotatable bonds is 7. The fourth-order valence-corrected chi connectivity index (χ4v) is 2.99. The second-order valence-electron chi connectivity index (χ2n) is 6.90. The summed E-state index contributed by atoms with van der Waals surface area (Å²) in [4.78, 5) is 36.8. The molecule has 1 aliphatic rings. The minimum Gasteiger partial charge on any atom is -0.449 e. The number of morpholine rings is 1. The molecule has 1 atom stereocenters. The molecule has 0 radical (unpaired) electrons. The fourth-order valence-electron chi connectivity index (χ4n) is 2.99. The van der Waals surface area contributed by atoms with Crippen molar-refractivity contribution < 1.29 is 24.0 Å². The lowest BCUT2D eigenvalue weighted by molar-refractivity contribution is -0.384. The molecule has 9 heteroatoms. The lowest BCUT2D eigenvalue weighted by Gasteiger charge is -2.28. The first kappa shape index (κ1) is 22.0. The molecule has 9 nitrogen and oxygen atoms in total. The molecule has 1 amide bonds. The van der Waals surface area contributed by atoms with E-state index in [1.165, 1.54) is 31.2 Å². The summed E-state index contributed by atoms with van der Waals surface area (Å²) in [5, 5.41) is 13.5. The van der Waals surface area contributed by atoms with Crippen LogP contribution >= 0.6 is 0 Å². The van der Waals surface area contributed by atoms with Gasteiger partial charge in [-0.05, 0) is 42.8 Å². The van der Waals surface area contributed by atoms with Gasteiger partial charge in [0.2, 0.25) is 0 Å². The predicted octanol–water partition coefficient (Wildman–Crippen LogP) is 3.02. The number of nitro groups is 1. The van der Waals surface area contributed by atoms with Gasteiger partial charge in [0.25, 0.3) is 11.6 Å². The van der Waals surface area contributed by atoms with Crippen LogP contribution in [0.5, 0.6) is 0 Å². The molecule has 1 saturated heterocycles. The number of hydrogen-bond acceptors (Lipinski definition) is 7. The zero-order valence-electron chi connectivity index (χ0n) is 17.0. The summed E-state index contributed by atoms with van der Waals surface area (Å²) in [6.45, 7) is 4.50. The van der Waals surface area contributed by atoms with Crippen LogP contribution < -0.4 is 10.2 Å². The van der Waals surface area contributed by atoms with Crippen molar-refractivity contribution in [3.8, 4) is 0 Å². The lowest BCUT2D eigenvalue weighted by Crippen LogP contribution is -2.36. The summed E-state index contributed by atoms with van der Waals surface area (Å²) < 4.78 is 10.4. The van der Waals surface area contributed by atoms with E-state index in [-0.39, 0.29) is 5.69 Å². The van der Waals surface area contributed by atoms with Crippen LogP contribution in [0.1, 0.15) is 12.5 Å². The Balaban J connectivity index is 1.51. The van der Waals surface area contributed by atoms with Crippen LogP contribution in [-0.2, 0) is 19.1 Å². The van der Waals surface area contributed by atoms with Gasteiger partial charge in [0.05, 0.1) is 18.1 Å². The van der Waals surface area contributed by atoms with Gasteiger partial charge in [0, 0.05) is 42.7 Å². The van der Waals surface area contributed by atoms with Gasteiger partial charge < -0.3 is 19.7 Å². The van der Waals surface area contributed by atoms with Crippen LogP contribution in [-0.4, -0.2) is 49.2 Å². The second-order valence-corrected chi connectivity index (χ2v) is 6.90. The third-order valence-corrected chi connectivity index (χ3v) is 4.67. The molecule has 0 saturated carbocycles. The normalized spacial score (nSPS) is 14.8. The third kappa shape index (κ3) is 6.38. The van der Waals surface area contributed by atoms with E-state index in [0.717, 1.165) is 24.9 Å². The SMILES string of the molecule is CC(OC(=O)/C=C/c1cccc([N+](=O)[O-])c1)C(=O)Nc1ccc(N2CCOCC2)cc1. The van der Waals surface area contributed by atoms with Gasteiger partial charge in [0.15, 0.2) is 6.10 Å². The zero-order chi connectivity index (χ0) is 22.2. The minimum absolute atomic E-state index is 0.0806. The topological polar surface area (TPSA) is 111 Å². The van der Waals surface area contributed by atoms with E-state index >= 15 is 0 Å². The van der Waals surface area contributed by atoms with Crippen LogP contribution in [0.2, 0.25) is 0 Å².